The lowest BCUT2D eigenvalue weighted by Gasteiger charge is -2.20. The number of nitrogens with two attached hydrogens (primary N) is 1. The number of nitrogens with one attached hydrogen (secondary N) is 1. The quantitative estimate of drug-likeness (QED) is 0.783. The van der Waals surface area contributed by atoms with Gasteiger partial charge in [-0.15, -0.1) is 0 Å². The summed E-state index contributed by atoms with van der Waals surface area (Å²) < 4.78 is 0. The molecule has 1 heterocycles. The van der Waals surface area contributed by atoms with Crippen LogP contribution in [0.4, 0.5) is 11.5 Å². The van der Waals surface area contributed by atoms with Crippen LogP contribution in [0.1, 0.15) is 12.6 Å². The molecule has 0 aliphatic carbocycles. The molecule has 0 spiro atoms. The van der Waals surface area contributed by atoms with Crippen molar-refractivity contribution in [2.45, 2.75) is 19.9 Å². The fraction of sp³-hybridized carbons (Fsp3) is 0.600. The predicted octanol–water partition coefficient (Wildman–Crippen LogP) is 1.38. The molecule has 90 valence electrons. The second kappa shape index (κ2) is 5.32. The van der Waals surface area contributed by atoms with Gasteiger partial charge >= 0.3 is 0 Å². The molecule has 3 N–H and O–H groups in total. The Balaban J connectivity index is 2.80. The van der Waals surface area contributed by atoms with Crippen LogP contribution in [0.25, 0.3) is 0 Å². The van der Waals surface area contributed by atoms with Crippen LogP contribution in [-0.4, -0.2) is 41.5 Å². The van der Waals surface area contributed by atoms with Gasteiger partial charge in [-0.25, -0.2) is 4.98 Å². The van der Waals surface area contributed by atoms with E-state index in [4.69, 9.17) is 17.3 Å². The van der Waals surface area contributed by atoms with Crippen molar-refractivity contribution >= 4 is 23.1 Å². The van der Waals surface area contributed by atoms with E-state index in [0.29, 0.717) is 17.2 Å². The first kappa shape index (κ1) is 13.0. The summed E-state index contributed by atoms with van der Waals surface area (Å²) in [6, 6.07) is 0.239. The number of likely N-dealkylation sites (N-methyl/N-ethyl adjacent to an activating group) is 1. The van der Waals surface area contributed by atoms with Crippen molar-refractivity contribution in [2.75, 3.05) is 31.7 Å². The highest BCUT2D eigenvalue weighted by Crippen LogP contribution is 2.21. The van der Waals surface area contributed by atoms with Gasteiger partial charge in [0.2, 0.25) is 5.28 Å². The van der Waals surface area contributed by atoms with Crippen LogP contribution in [0.2, 0.25) is 5.28 Å². The van der Waals surface area contributed by atoms with Crippen LogP contribution < -0.4 is 11.1 Å². The van der Waals surface area contributed by atoms with E-state index in [1.165, 1.54) is 0 Å². The topological polar surface area (TPSA) is 67.1 Å². The minimum absolute atomic E-state index is 0.214. The molecule has 0 radical (unpaired) electrons. The van der Waals surface area contributed by atoms with Crippen LogP contribution in [0.15, 0.2) is 0 Å². The molecule has 1 aromatic heterocycles. The largest absolute Gasteiger partial charge is 0.394 e. The third-order valence-electron chi connectivity index (χ3n) is 2.13. The summed E-state index contributed by atoms with van der Waals surface area (Å²) in [7, 11) is 4.03. The number of hydrogen-bond acceptors (Lipinski definition) is 5. The molecule has 0 saturated heterocycles. The third kappa shape index (κ3) is 3.50. The molecule has 0 aliphatic rings. The van der Waals surface area contributed by atoms with Crippen molar-refractivity contribution in [2.24, 2.45) is 0 Å². The summed E-state index contributed by atoms with van der Waals surface area (Å²) in [6.45, 7) is 4.76. The summed E-state index contributed by atoms with van der Waals surface area (Å²) in [5.74, 6) is 0.604. The highest BCUT2D eigenvalue weighted by atomic mass is 35.5. The highest BCUT2D eigenvalue weighted by molar-refractivity contribution is 6.28. The number of nitrogens with zero attached hydrogens (tertiary/aromatic N) is 3. The number of rotatable bonds is 4. The lowest BCUT2D eigenvalue weighted by Crippen LogP contribution is -2.30. The monoisotopic (exact) mass is 243 g/mol. The van der Waals surface area contributed by atoms with Crippen molar-refractivity contribution in [3.8, 4) is 0 Å². The lowest BCUT2D eigenvalue weighted by atomic mass is 10.3. The van der Waals surface area contributed by atoms with Gasteiger partial charge in [0.25, 0.3) is 0 Å². The van der Waals surface area contributed by atoms with Crippen LogP contribution in [-0.2, 0) is 0 Å². The minimum Gasteiger partial charge on any atom is -0.394 e. The smallest absolute Gasteiger partial charge is 0.224 e. The molecule has 0 bridgehead atoms. The fourth-order valence-electron chi connectivity index (χ4n) is 1.48. The van der Waals surface area contributed by atoms with E-state index in [9.17, 15) is 0 Å². The Kier molecular flexibility index (Phi) is 4.32. The standard InChI is InChI=1S/C10H18ClN5/c1-6(5-16(3)4)13-9-8(12)7(2)14-10(11)15-9/h6H,5,12H2,1-4H3,(H,13,14,15). The molecule has 0 aromatic carbocycles. The maximum Gasteiger partial charge on any atom is 0.224 e. The number of hydrogen-bond donors (Lipinski definition) is 2. The van der Waals surface area contributed by atoms with Crippen LogP contribution in [0.3, 0.4) is 0 Å². The Bertz CT molecular complexity index is 366. The molecule has 0 amide bonds. The van der Waals surface area contributed by atoms with E-state index in [1.807, 2.05) is 21.0 Å². The Morgan fingerprint density at radius 1 is 1.44 bits per heavy atom. The van der Waals surface area contributed by atoms with E-state index in [1.54, 1.807) is 0 Å². The Labute approximate surface area is 101 Å². The van der Waals surface area contributed by atoms with Crippen LogP contribution in [0.5, 0.6) is 0 Å². The molecule has 0 fully saturated rings. The van der Waals surface area contributed by atoms with E-state index < -0.39 is 0 Å². The van der Waals surface area contributed by atoms with Crippen LogP contribution >= 0.6 is 11.6 Å². The Morgan fingerprint density at radius 2 is 2.06 bits per heavy atom. The number of aromatic nitrogens is 2. The van der Waals surface area contributed by atoms with Gasteiger partial charge in [-0.05, 0) is 39.5 Å². The summed E-state index contributed by atoms with van der Waals surface area (Å²) in [5, 5.41) is 3.44. The second-order valence-corrected chi connectivity index (χ2v) is 4.49. The maximum absolute atomic E-state index is 5.87. The van der Waals surface area contributed by atoms with Crippen molar-refractivity contribution in [3.63, 3.8) is 0 Å². The number of halogens is 1. The van der Waals surface area contributed by atoms with Crippen molar-refractivity contribution < 1.29 is 0 Å². The first-order valence-corrected chi connectivity index (χ1v) is 5.48. The third-order valence-corrected chi connectivity index (χ3v) is 2.30. The van der Waals surface area contributed by atoms with Crippen molar-refractivity contribution in [3.05, 3.63) is 11.0 Å². The molecule has 1 rings (SSSR count). The second-order valence-electron chi connectivity index (χ2n) is 4.15. The molecule has 6 heteroatoms. The normalized spacial score (nSPS) is 12.9. The molecule has 1 atom stereocenters. The SMILES string of the molecule is Cc1nc(Cl)nc(NC(C)CN(C)C)c1N. The predicted molar refractivity (Wildman–Crippen MR) is 67.8 cm³/mol. The van der Waals surface area contributed by atoms with E-state index >= 15 is 0 Å². The highest BCUT2D eigenvalue weighted by Gasteiger charge is 2.10. The van der Waals surface area contributed by atoms with E-state index in [-0.39, 0.29) is 11.3 Å². The average Bonchev–Trinajstić information content (AvgIpc) is 2.11. The first-order valence-electron chi connectivity index (χ1n) is 5.11. The van der Waals surface area contributed by atoms with E-state index in [2.05, 4.69) is 27.1 Å². The van der Waals surface area contributed by atoms with Crippen molar-refractivity contribution in [1.29, 1.82) is 0 Å². The zero-order valence-electron chi connectivity index (χ0n) is 10.1. The van der Waals surface area contributed by atoms with Gasteiger partial charge in [-0.3, -0.25) is 0 Å². The van der Waals surface area contributed by atoms with Gasteiger partial charge in [0.05, 0.1) is 11.4 Å². The molecule has 1 aromatic rings. The number of anilines is 2. The molecular formula is C10H18ClN5. The molecule has 5 nitrogen and oxygen atoms in total. The molecule has 0 saturated carbocycles. The lowest BCUT2D eigenvalue weighted by molar-refractivity contribution is 0.392. The minimum atomic E-state index is 0.214. The van der Waals surface area contributed by atoms with E-state index in [0.717, 1.165) is 6.54 Å². The first-order chi connectivity index (χ1) is 7.40. The fourth-order valence-corrected chi connectivity index (χ4v) is 1.70. The van der Waals surface area contributed by atoms with Gasteiger partial charge in [-0.1, -0.05) is 0 Å². The molecule has 1 unspecified atom stereocenters. The van der Waals surface area contributed by atoms with Crippen molar-refractivity contribution in [1.82, 2.24) is 14.9 Å². The van der Waals surface area contributed by atoms with Gasteiger partial charge in [0.15, 0.2) is 5.82 Å². The summed E-state index contributed by atoms with van der Waals surface area (Å²) in [4.78, 5) is 10.1. The number of aryl methyl sites for hydroxylation is 1. The zero-order valence-corrected chi connectivity index (χ0v) is 10.8. The maximum atomic E-state index is 5.87. The summed E-state index contributed by atoms with van der Waals surface area (Å²) >= 11 is 5.78. The summed E-state index contributed by atoms with van der Waals surface area (Å²) in [5.41, 5.74) is 7.12. The molecule has 0 aliphatic heterocycles. The zero-order chi connectivity index (χ0) is 12.3. The molecular weight excluding hydrogens is 226 g/mol. The Hall–Kier alpha value is -1.07. The van der Waals surface area contributed by atoms with Gasteiger partial charge in [0, 0.05) is 12.6 Å². The Morgan fingerprint density at radius 3 is 2.62 bits per heavy atom. The molecule has 16 heavy (non-hydrogen) atoms. The van der Waals surface area contributed by atoms with Gasteiger partial charge in [0.1, 0.15) is 0 Å². The summed E-state index contributed by atoms with van der Waals surface area (Å²) in [6.07, 6.45) is 0. The average molecular weight is 244 g/mol. The number of nitrogen functional groups attached to an aromatic ring is 1. The van der Waals surface area contributed by atoms with Gasteiger partial charge in [-0.2, -0.15) is 4.98 Å². The van der Waals surface area contributed by atoms with Gasteiger partial charge < -0.3 is 16.0 Å². The van der Waals surface area contributed by atoms with Crippen LogP contribution in [0, 0.1) is 6.92 Å².